The number of carbonyl (C=O) groups is 1. The quantitative estimate of drug-likeness (QED) is 0.813. The van der Waals surface area contributed by atoms with Gasteiger partial charge in [0, 0.05) is 13.0 Å². The molecule has 0 unspecified atom stereocenters. The number of thiocarbonyl (C=S) groups is 1. The van der Waals surface area contributed by atoms with Crippen LogP contribution in [0.25, 0.3) is 0 Å². The molecule has 3 nitrogen and oxygen atoms in total. The molecule has 0 aliphatic rings. The Balaban J connectivity index is 2.66. The van der Waals surface area contributed by atoms with Crippen LogP contribution in [-0.2, 0) is 0 Å². The van der Waals surface area contributed by atoms with E-state index < -0.39 is 11.7 Å². The smallest absolute Gasteiger partial charge is 0.252 e. The molecule has 0 aliphatic heterocycles. The molecule has 6 heteroatoms. The van der Waals surface area contributed by atoms with Crippen LogP contribution < -0.4 is 11.1 Å². The summed E-state index contributed by atoms with van der Waals surface area (Å²) in [7, 11) is 0. The number of benzene rings is 1. The molecule has 1 amide bonds. The highest BCUT2D eigenvalue weighted by molar-refractivity contribution is 7.80. The van der Waals surface area contributed by atoms with E-state index in [9.17, 15) is 9.18 Å². The molecule has 0 saturated carbocycles. The molecule has 1 rings (SSSR count). The summed E-state index contributed by atoms with van der Waals surface area (Å²) in [5.74, 6) is -1.07. The second-order valence-corrected chi connectivity index (χ2v) is 3.98. The van der Waals surface area contributed by atoms with Crippen molar-refractivity contribution in [3.05, 3.63) is 34.6 Å². The van der Waals surface area contributed by atoms with Gasteiger partial charge >= 0.3 is 0 Å². The van der Waals surface area contributed by atoms with Crippen molar-refractivity contribution in [1.82, 2.24) is 5.32 Å². The van der Waals surface area contributed by atoms with E-state index in [1.165, 1.54) is 18.2 Å². The Kier molecular flexibility index (Phi) is 4.64. The predicted octanol–water partition coefficient (Wildman–Crippen LogP) is 1.89. The zero-order chi connectivity index (χ0) is 12.1. The minimum Gasteiger partial charge on any atom is -0.393 e. The Hall–Kier alpha value is -1.20. The van der Waals surface area contributed by atoms with E-state index in [1.54, 1.807) is 0 Å². The Bertz CT molecular complexity index is 425. The number of halogens is 2. The molecule has 0 aliphatic carbocycles. The summed E-state index contributed by atoms with van der Waals surface area (Å²) in [6.45, 7) is 0.307. The van der Waals surface area contributed by atoms with Crippen molar-refractivity contribution in [2.75, 3.05) is 6.54 Å². The van der Waals surface area contributed by atoms with E-state index in [2.05, 4.69) is 17.5 Å². The largest absolute Gasteiger partial charge is 0.393 e. The van der Waals surface area contributed by atoms with Crippen molar-refractivity contribution in [3.8, 4) is 0 Å². The Morgan fingerprint density at radius 3 is 2.88 bits per heavy atom. The van der Waals surface area contributed by atoms with Gasteiger partial charge in [-0.3, -0.25) is 4.79 Å². The van der Waals surface area contributed by atoms with E-state index in [4.69, 9.17) is 17.3 Å². The van der Waals surface area contributed by atoms with Crippen molar-refractivity contribution in [1.29, 1.82) is 0 Å². The summed E-state index contributed by atoms with van der Waals surface area (Å²) >= 11 is 10.3. The lowest BCUT2D eigenvalue weighted by Crippen LogP contribution is -2.27. The van der Waals surface area contributed by atoms with Crippen LogP contribution in [0.5, 0.6) is 0 Å². The van der Waals surface area contributed by atoms with E-state index in [1.807, 2.05) is 0 Å². The second-order valence-electron chi connectivity index (χ2n) is 3.07. The molecule has 1 aromatic carbocycles. The first-order valence-electron chi connectivity index (χ1n) is 4.53. The van der Waals surface area contributed by atoms with E-state index in [0.717, 1.165) is 0 Å². The monoisotopic (exact) mass is 260 g/mol. The van der Waals surface area contributed by atoms with E-state index >= 15 is 0 Å². The van der Waals surface area contributed by atoms with Crippen LogP contribution >= 0.6 is 23.8 Å². The maximum Gasteiger partial charge on any atom is 0.252 e. The third-order valence-corrected chi connectivity index (χ3v) is 2.44. The summed E-state index contributed by atoms with van der Waals surface area (Å²) in [4.78, 5) is 11.9. The van der Waals surface area contributed by atoms with Crippen LogP contribution in [0.1, 0.15) is 16.8 Å². The van der Waals surface area contributed by atoms with Gasteiger partial charge in [-0.25, -0.2) is 4.39 Å². The summed E-state index contributed by atoms with van der Waals surface area (Å²) < 4.78 is 13.0. The molecule has 3 N–H and O–H groups in total. The lowest BCUT2D eigenvalue weighted by Gasteiger charge is -2.06. The SMILES string of the molecule is NC(=S)CCNC(=O)c1cccc(F)c1Cl. The van der Waals surface area contributed by atoms with Gasteiger partial charge in [-0.1, -0.05) is 29.9 Å². The van der Waals surface area contributed by atoms with Crippen LogP contribution in [-0.4, -0.2) is 17.4 Å². The number of amides is 1. The van der Waals surface area contributed by atoms with Crippen LogP contribution in [0, 0.1) is 5.82 Å². The molecule has 1 aromatic rings. The van der Waals surface area contributed by atoms with Crippen molar-refractivity contribution >= 4 is 34.7 Å². The van der Waals surface area contributed by atoms with Gasteiger partial charge in [-0.15, -0.1) is 0 Å². The first-order chi connectivity index (χ1) is 7.52. The number of hydrogen-bond donors (Lipinski definition) is 2. The fourth-order valence-corrected chi connectivity index (χ4v) is 1.39. The zero-order valence-electron chi connectivity index (χ0n) is 8.30. The zero-order valence-corrected chi connectivity index (χ0v) is 9.87. The maximum absolute atomic E-state index is 13.0. The molecule has 0 radical (unpaired) electrons. The number of nitrogens with two attached hydrogens (primary N) is 1. The van der Waals surface area contributed by atoms with Crippen molar-refractivity contribution < 1.29 is 9.18 Å². The molecule has 0 heterocycles. The minimum absolute atomic E-state index is 0.101. The standard InChI is InChI=1S/C10H10ClFN2OS/c11-9-6(2-1-3-7(9)12)10(15)14-5-4-8(13)16/h1-3H,4-5H2,(H2,13,16)(H,14,15). The Morgan fingerprint density at radius 1 is 1.56 bits per heavy atom. The fraction of sp³-hybridized carbons (Fsp3) is 0.200. The number of nitrogens with one attached hydrogen (secondary N) is 1. The third-order valence-electron chi connectivity index (χ3n) is 1.85. The number of carbonyl (C=O) groups excluding carboxylic acids is 1. The first-order valence-corrected chi connectivity index (χ1v) is 5.31. The van der Waals surface area contributed by atoms with Gasteiger partial charge < -0.3 is 11.1 Å². The van der Waals surface area contributed by atoms with Crippen LogP contribution in [0.4, 0.5) is 4.39 Å². The van der Waals surface area contributed by atoms with Gasteiger partial charge in [-0.05, 0) is 12.1 Å². The van der Waals surface area contributed by atoms with Gasteiger partial charge in [0.05, 0.1) is 15.6 Å². The highest BCUT2D eigenvalue weighted by Gasteiger charge is 2.12. The third kappa shape index (κ3) is 3.43. The van der Waals surface area contributed by atoms with Crippen LogP contribution in [0.3, 0.4) is 0 Å². The molecule has 0 fully saturated rings. The summed E-state index contributed by atoms with van der Waals surface area (Å²) in [5.41, 5.74) is 5.37. The number of hydrogen-bond acceptors (Lipinski definition) is 2. The summed E-state index contributed by atoms with van der Waals surface area (Å²) in [6.07, 6.45) is 0.397. The minimum atomic E-state index is -0.622. The predicted molar refractivity (Wildman–Crippen MR) is 65.1 cm³/mol. The van der Waals surface area contributed by atoms with E-state index in [0.29, 0.717) is 18.0 Å². The van der Waals surface area contributed by atoms with Crippen molar-refractivity contribution in [2.45, 2.75) is 6.42 Å². The average Bonchev–Trinajstić information content (AvgIpc) is 2.21. The molecule has 86 valence electrons. The van der Waals surface area contributed by atoms with Gasteiger partial charge in [0.1, 0.15) is 5.82 Å². The topological polar surface area (TPSA) is 55.1 Å². The van der Waals surface area contributed by atoms with E-state index in [-0.39, 0.29) is 10.6 Å². The van der Waals surface area contributed by atoms with Crippen molar-refractivity contribution in [3.63, 3.8) is 0 Å². The van der Waals surface area contributed by atoms with Gasteiger partial charge in [0.15, 0.2) is 0 Å². The lowest BCUT2D eigenvalue weighted by atomic mass is 10.2. The average molecular weight is 261 g/mol. The molecule has 0 aromatic heterocycles. The fourth-order valence-electron chi connectivity index (χ4n) is 1.07. The maximum atomic E-state index is 13.0. The Labute approximate surface area is 103 Å². The molecule has 0 spiro atoms. The number of rotatable bonds is 4. The van der Waals surface area contributed by atoms with Crippen LogP contribution in [0.2, 0.25) is 5.02 Å². The molecule has 0 bridgehead atoms. The molecule has 0 saturated heterocycles. The summed E-state index contributed by atoms with van der Waals surface area (Å²) in [5, 5.41) is 2.36. The Morgan fingerprint density at radius 2 is 2.25 bits per heavy atom. The van der Waals surface area contributed by atoms with Crippen molar-refractivity contribution in [2.24, 2.45) is 5.73 Å². The molecule has 0 atom stereocenters. The normalized spacial score (nSPS) is 9.88. The molecule has 16 heavy (non-hydrogen) atoms. The highest BCUT2D eigenvalue weighted by atomic mass is 35.5. The van der Waals surface area contributed by atoms with Gasteiger partial charge in [0.2, 0.25) is 0 Å². The first kappa shape index (κ1) is 12.9. The van der Waals surface area contributed by atoms with Gasteiger partial charge in [0.25, 0.3) is 5.91 Å². The van der Waals surface area contributed by atoms with Gasteiger partial charge in [-0.2, -0.15) is 0 Å². The second kappa shape index (κ2) is 5.77. The molecular formula is C10H10ClFN2OS. The highest BCUT2D eigenvalue weighted by Crippen LogP contribution is 2.19. The summed E-state index contributed by atoms with van der Waals surface area (Å²) in [6, 6.07) is 4.05. The molecular weight excluding hydrogens is 251 g/mol. The van der Waals surface area contributed by atoms with Crippen LogP contribution in [0.15, 0.2) is 18.2 Å². The lowest BCUT2D eigenvalue weighted by molar-refractivity contribution is 0.0954.